The number of aromatic nitrogens is 3. The number of likely N-dealkylation sites (tertiary alicyclic amines) is 3. The van der Waals surface area contributed by atoms with Crippen LogP contribution in [-0.4, -0.2) is 76.3 Å². The molecule has 6 rings (SSSR count). The van der Waals surface area contributed by atoms with Gasteiger partial charge in [-0.05, 0) is 114 Å². The Hall–Kier alpha value is -3.20. The smallest absolute Gasteiger partial charge is 0.250 e. The minimum absolute atomic E-state index is 0.250. The summed E-state index contributed by atoms with van der Waals surface area (Å²) in [7, 11) is 6.47. The van der Waals surface area contributed by atoms with Gasteiger partial charge in [0.05, 0.1) is 17.0 Å². The van der Waals surface area contributed by atoms with Crippen LogP contribution in [0.5, 0.6) is 0 Å². The third-order valence-corrected chi connectivity index (χ3v) is 9.09. The summed E-state index contributed by atoms with van der Waals surface area (Å²) < 4.78 is 0. The van der Waals surface area contributed by atoms with Gasteiger partial charge in [-0.15, -0.1) is 0 Å². The largest absolute Gasteiger partial charge is 0.366 e. The molecule has 3 fully saturated rings. The number of pyridine rings is 3. The molecule has 0 bridgehead atoms. The van der Waals surface area contributed by atoms with Gasteiger partial charge in [-0.1, -0.05) is 6.07 Å². The monoisotopic (exact) mass is 525 g/mol. The fourth-order valence-electron chi connectivity index (χ4n) is 6.84. The summed E-state index contributed by atoms with van der Waals surface area (Å²) in [5.74, 6) is -0.486. The van der Waals surface area contributed by atoms with E-state index in [1.54, 1.807) is 0 Å². The van der Waals surface area contributed by atoms with Gasteiger partial charge in [0.1, 0.15) is 5.69 Å². The van der Waals surface area contributed by atoms with E-state index in [9.17, 15) is 4.79 Å². The summed E-state index contributed by atoms with van der Waals surface area (Å²) in [6.45, 7) is 3.24. The minimum atomic E-state index is -0.486. The lowest BCUT2D eigenvalue weighted by Crippen LogP contribution is -2.20. The number of hydrogen-bond donors (Lipinski definition) is 1. The molecule has 3 aliphatic heterocycles. The van der Waals surface area contributed by atoms with Gasteiger partial charge >= 0.3 is 0 Å². The van der Waals surface area contributed by atoms with Gasteiger partial charge in [-0.2, -0.15) is 0 Å². The second-order valence-electron chi connectivity index (χ2n) is 11.6. The molecule has 39 heavy (non-hydrogen) atoms. The van der Waals surface area contributed by atoms with E-state index in [2.05, 4.69) is 54.0 Å². The second kappa shape index (κ2) is 10.8. The molecular formula is C31H39N7O. The summed E-state index contributed by atoms with van der Waals surface area (Å²) in [6.07, 6.45) is 12.7. The number of nitrogens with two attached hydrogens (primary N) is 1. The van der Waals surface area contributed by atoms with Crippen LogP contribution in [0.15, 0.2) is 42.9 Å². The summed E-state index contributed by atoms with van der Waals surface area (Å²) >= 11 is 0. The Kier molecular flexibility index (Phi) is 7.18. The first-order chi connectivity index (χ1) is 18.9. The van der Waals surface area contributed by atoms with Gasteiger partial charge in [-0.3, -0.25) is 34.4 Å². The lowest BCUT2D eigenvalue weighted by Gasteiger charge is -2.22. The average Bonchev–Trinajstić information content (AvgIpc) is 3.69. The van der Waals surface area contributed by atoms with Crippen molar-refractivity contribution in [3.63, 3.8) is 0 Å². The molecule has 0 spiro atoms. The molecule has 3 saturated heterocycles. The molecule has 3 aromatic heterocycles. The predicted molar refractivity (Wildman–Crippen MR) is 153 cm³/mol. The van der Waals surface area contributed by atoms with E-state index in [1.807, 2.05) is 24.7 Å². The average molecular weight is 526 g/mol. The molecule has 6 heterocycles. The third kappa shape index (κ3) is 4.97. The highest BCUT2D eigenvalue weighted by Crippen LogP contribution is 2.38. The van der Waals surface area contributed by atoms with Crippen molar-refractivity contribution < 1.29 is 4.79 Å². The summed E-state index contributed by atoms with van der Waals surface area (Å²) in [5.41, 5.74) is 12.7. The van der Waals surface area contributed by atoms with Gasteiger partial charge in [0.2, 0.25) is 0 Å². The highest BCUT2D eigenvalue weighted by molar-refractivity contribution is 6.00. The van der Waals surface area contributed by atoms with Crippen LogP contribution in [-0.2, 0) is 0 Å². The standard InChI is InChI=1S/C31H39N7O/c1-36-12-4-7-26(36)20-10-11-25(33-17-20)23-15-21(27-8-5-13-37(27)2)18-34-29(23)30-24(31(32)39)16-22(19-35-30)28-9-6-14-38(28)3/h10-11,15-19,26-28H,4-9,12-14H2,1-3H3,(H2,32,39). The van der Waals surface area contributed by atoms with Crippen LogP contribution in [0.2, 0.25) is 0 Å². The molecule has 0 radical (unpaired) electrons. The summed E-state index contributed by atoms with van der Waals surface area (Å²) in [5, 5.41) is 0. The Morgan fingerprint density at radius 3 is 1.72 bits per heavy atom. The van der Waals surface area contributed by atoms with Gasteiger partial charge in [0.25, 0.3) is 5.91 Å². The Morgan fingerprint density at radius 1 is 0.718 bits per heavy atom. The maximum absolute atomic E-state index is 12.7. The van der Waals surface area contributed by atoms with E-state index < -0.39 is 5.91 Å². The van der Waals surface area contributed by atoms with Crippen molar-refractivity contribution in [1.29, 1.82) is 0 Å². The Bertz CT molecular complexity index is 1360. The molecule has 0 saturated carbocycles. The highest BCUT2D eigenvalue weighted by Gasteiger charge is 2.28. The van der Waals surface area contributed by atoms with Crippen molar-refractivity contribution in [2.45, 2.75) is 56.7 Å². The SMILES string of the molecule is CN1CCCC1c1ccc(-c2cc(C3CCCN3C)cnc2-c2ncc(C3CCCN3C)cc2C(N)=O)nc1. The van der Waals surface area contributed by atoms with Crippen molar-refractivity contribution in [2.75, 3.05) is 40.8 Å². The predicted octanol–water partition coefficient (Wildman–Crippen LogP) is 4.60. The minimum Gasteiger partial charge on any atom is -0.366 e. The Labute approximate surface area is 231 Å². The summed E-state index contributed by atoms with van der Waals surface area (Å²) in [6, 6.07) is 9.38. The molecule has 204 valence electrons. The zero-order valence-corrected chi connectivity index (χ0v) is 23.3. The maximum atomic E-state index is 12.7. The number of hydrogen-bond acceptors (Lipinski definition) is 7. The first-order valence-corrected chi connectivity index (χ1v) is 14.3. The summed E-state index contributed by atoms with van der Waals surface area (Å²) in [4.78, 5) is 34.5. The van der Waals surface area contributed by atoms with Crippen LogP contribution >= 0.6 is 0 Å². The van der Waals surface area contributed by atoms with E-state index in [1.165, 1.54) is 24.0 Å². The maximum Gasteiger partial charge on any atom is 0.250 e. The lowest BCUT2D eigenvalue weighted by atomic mass is 9.96. The first kappa shape index (κ1) is 26.0. The quantitative estimate of drug-likeness (QED) is 0.503. The van der Waals surface area contributed by atoms with E-state index in [4.69, 9.17) is 20.7 Å². The molecular weight excluding hydrogens is 486 g/mol. The zero-order chi connectivity index (χ0) is 27.1. The number of nitrogens with zero attached hydrogens (tertiary/aromatic N) is 6. The van der Waals surface area contributed by atoms with Crippen LogP contribution in [0, 0.1) is 0 Å². The third-order valence-electron chi connectivity index (χ3n) is 9.09. The molecule has 0 aliphatic carbocycles. The molecule has 0 aromatic carbocycles. The number of rotatable bonds is 6. The van der Waals surface area contributed by atoms with Crippen LogP contribution in [0.25, 0.3) is 22.6 Å². The van der Waals surface area contributed by atoms with Crippen LogP contribution in [0.1, 0.15) is 83.7 Å². The zero-order valence-electron chi connectivity index (χ0n) is 23.3. The number of carbonyl (C=O) groups is 1. The highest BCUT2D eigenvalue weighted by atomic mass is 16.1. The molecule has 3 aliphatic rings. The van der Waals surface area contributed by atoms with Crippen LogP contribution < -0.4 is 5.73 Å². The van der Waals surface area contributed by atoms with Gasteiger partial charge in [0, 0.05) is 42.3 Å². The fourth-order valence-corrected chi connectivity index (χ4v) is 6.84. The molecule has 8 heteroatoms. The van der Waals surface area contributed by atoms with Crippen molar-refractivity contribution in [3.05, 3.63) is 65.1 Å². The number of amides is 1. The second-order valence-corrected chi connectivity index (χ2v) is 11.6. The Morgan fingerprint density at radius 2 is 1.23 bits per heavy atom. The first-order valence-electron chi connectivity index (χ1n) is 14.3. The number of primary amides is 1. The van der Waals surface area contributed by atoms with E-state index >= 15 is 0 Å². The molecule has 1 amide bonds. The normalized spacial score (nSPS) is 24.5. The van der Waals surface area contributed by atoms with Crippen LogP contribution in [0.4, 0.5) is 0 Å². The van der Waals surface area contributed by atoms with E-state index in [-0.39, 0.29) is 6.04 Å². The number of carbonyl (C=O) groups excluding carboxylic acids is 1. The van der Waals surface area contributed by atoms with Gasteiger partial charge in [-0.25, -0.2) is 0 Å². The van der Waals surface area contributed by atoms with E-state index in [0.717, 1.165) is 62.1 Å². The topological polar surface area (TPSA) is 91.5 Å². The van der Waals surface area contributed by atoms with Crippen molar-refractivity contribution in [1.82, 2.24) is 29.7 Å². The molecule has 2 N–H and O–H groups in total. The van der Waals surface area contributed by atoms with Crippen molar-refractivity contribution in [2.24, 2.45) is 5.73 Å². The van der Waals surface area contributed by atoms with Gasteiger partial charge < -0.3 is 5.73 Å². The fraction of sp³-hybridized carbons (Fsp3) is 0.484. The Balaban J connectivity index is 1.45. The van der Waals surface area contributed by atoms with E-state index in [0.29, 0.717) is 29.0 Å². The molecule has 3 atom stereocenters. The van der Waals surface area contributed by atoms with Crippen molar-refractivity contribution in [3.8, 4) is 22.6 Å². The van der Waals surface area contributed by atoms with Crippen LogP contribution in [0.3, 0.4) is 0 Å². The molecule has 3 aromatic rings. The van der Waals surface area contributed by atoms with Crippen molar-refractivity contribution >= 4 is 5.91 Å². The molecule has 3 unspecified atom stereocenters. The van der Waals surface area contributed by atoms with Gasteiger partial charge in [0.15, 0.2) is 0 Å². The lowest BCUT2D eigenvalue weighted by molar-refractivity contribution is 0.100. The molecule has 8 nitrogen and oxygen atoms in total.